The number of fused-ring (bicyclic) bond motifs is 1. The van der Waals surface area contributed by atoms with Gasteiger partial charge in [0.1, 0.15) is 0 Å². The van der Waals surface area contributed by atoms with Crippen LogP contribution in [-0.2, 0) is 7.05 Å². The smallest absolute Gasteiger partial charge is 0.408 e. The lowest BCUT2D eigenvalue weighted by Crippen LogP contribution is -2.23. The van der Waals surface area contributed by atoms with E-state index in [0.717, 1.165) is 24.9 Å². The molecule has 1 unspecified atom stereocenters. The summed E-state index contributed by atoms with van der Waals surface area (Å²) < 4.78 is 6.82. The Hall–Kier alpha value is -1.55. The molecule has 0 aliphatic rings. The van der Waals surface area contributed by atoms with Crippen LogP contribution in [-0.4, -0.2) is 11.1 Å². The SMILES string of the molecule is CCCNC(CC(C)C)c1ccc2c(c1)oc(=O)n2C. The third-order valence-corrected chi connectivity index (χ3v) is 3.57. The Bertz CT molecular complexity index is 625. The fourth-order valence-corrected chi connectivity index (χ4v) is 2.49. The number of aryl methyl sites for hydroxylation is 1. The molecule has 1 aromatic carbocycles. The van der Waals surface area contributed by atoms with Gasteiger partial charge in [0.15, 0.2) is 5.58 Å². The molecule has 1 aromatic heterocycles. The lowest BCUT2D eigenvalue weighted by Gasteiger charge is -2.21. The second kappa shape index (κ2) is 6.27. The molecular weight excluding hydrogens is 252 g/mol. The first-order valence-electron chi connectivity index (χ1n) is 7.35. The van der Waals surface area contributed by atoms with E-state index in [1.54, 1.807) is 7.05 Å². The average molecular weight is 276 g/mol. The van der Waals surface area contributed by atoms with E-state index >= 15 is 0 Å². The second-order valence-corrected chi connectivity index (χ2v) is 5.79. The molecule has 110 valence electrons. The van der Waals surface area contributed by atoms with Gasteiger partial charge >= 0.3 is 5.76 Å². The molecule has 4 heteroatoms. The van der Waals surface area contributed by atoms with Crippen LogP contribution >= 0.6 is 0 Å². The molecular formula is C16H24N2O2. The fourth-order valence-electron chi connectivity index (χ4n) is 2.49. The van der Waals surface area contributed by atoms with Gasteiger partial charge in [-0.05, 0) is 43.0 Å². The molecule has 2 rings (SSSR count). The number of oxazole rings is 1. The molecule has 0 saturated carbocycles. The Kier molecular flexibility index (Phi) is 4.65. The molecule has 0 amide bonds. The van der Waals surface area contributed by atoms with Gasteiger partial charge in [-0.15, -0.1) is 0 Å². The van der Waals surface area contributed by atoms with E-state index in [1.165, 1.54) is 10.1 Å². The second-order valence-electron chi connectivity index (χ2n) is 5.79. The summed E-state index contributed by atoms with van der Waals surface area (Å²) in [6, 6.07) is 6.36. The Labute approximate surface area is 119 Å². The molecule has 0 fully saturated rings. The zero-order chi connectivity index (χ0) is 14.7. The van der Waals surface area contributed by atoms with Gasteiger partial charge in [-0.1, -0.05) is 26.8 Å². The van der Waals surface area contributed by atoms with Crippen LogP contribution < -0.4 is 11.1 Å². The third kappa shape index (κ3) is 3.12. The predicted molar refractivity (Wildman–Crippen MR) is 81.9 cm³/mol. The zero-order valence-corrected chi connectivity index (χ0v) is 12.8. The molecule has 4 nitrogen and oxygen atoms in total. The van der Waals surface area contributed by atoms with E-state index in [1.807, 2.05) is 12.1 Å². The molecule has 1 N–H and O–H groups in total. The van der Waals surface area contributed by atoms with Gasteiger partial charge < -0.3 is 9.73 Å². The first-order chi connectivity index (χ1) is 9.52. The number of rotatable bonds is 6. The summed E-state index contributed by atoms with van der Waals surface area (Å²) in [7, 11) is 1.73. The summed E-state index contributed by atoms with van der Waals surface area (Å²) in [5, 5.41) is 3.58. The van der Waals surface area contributed by atoms with Crippen LogP contribution in [0.25, 0.3) is 11.1 Å². The van der Waals surface area contributed by atoms with Gasteiger partial charge in [-0.3, -0.25) is 4.57 Å². The number of hydrogen-bond donors (Lipinski definition) is 1. The molecule has 0 saturated heterocycles. The van der Waals surface area contributed by atoms with E-state index in [2.05, 4.69) is 32.2 Å². The normalized spacial score (nSPS) is 13.2. The van der Waals surface area contributed by atoms with Gasteiger partial charge in [0.05, 0.1) is 5.52 Å². The van der Waals surface area contributed by atoms with Crippen molar-refractivity contribution in [3.8, 4) is 0 Å². The molecule has 0 radical (unpaired) electrons. The highest BCUT2D eigenvalue weighted by Crippen LogP contribution is 2.24. The third-order valence-electron chi connectivity index (χ3n) is 3.57. The lowest BCUT2D eigenvalue weighted by molar-refractivity contribution is 0.430. The van der Waals surface area contributed by atoms with Gasteiger partial charge in [-0.2, -0.15) is 0 Å². The number of hydrogen-bond acceptors (Lipinski definition) is 3. The highest BCUT2D eigenvalue weighted by molar-refractivity contribution is 5.73. The largest absolute Gasteiger partial charge is 0.419 e. The molecule has 1 atom stereocenters. The quantitative estimate of drug-likeness (QED) is 0.881. The zero-order valence-electron chi connectivity index (χ0n) is 12.8. The van der Waals surface area contributed by atoms with Crippen molar-refractivity contribution < 1.29 is 4.42 Å². The average Bonchev–Trinajstić information content (AvgIpc) is 2.69. The van der Waals surface area contributed by atoms with Crippen molar-refractivity contribution in [3.63, 3.8) is 0 Å². The van der Waals surface area contributed by atoms with Gasteiger partial charge in [0.25, 0.3) is 0 Å². The van der Waals surface area contributed by atoms with Crippen LogP contribution in [0.1, 0.15) is 45.2 Å². The maximum atomic E-state index is 11.6. The van der Waals surface area contributed by atoms with Crippen molar-refractivity contribution in [3.05, 3.63) is 34.3 Å². The fraction of sp³-hybridized carbons (Fsp3) is 0.562. The highest BCUT2D eigenvalue weighted by Gasteiger charge is 2.15. The lowest BCUT2D eigenvalue weighted by atomic mass is 9.96. The number of nitrogens with zero attached hydrogens (tertiary/aromatic N) is 1. The van der Waals surface area contributed by atoms with E-state index in [9.17, 15) is 4.79 Å². The van der Waals surface area contributed by atoms with Crippen molar-refractivity contribution in [2.75, 3.05) is 6.54 Å². The van der Waals surface area contributed by atoms with Crippen LogP contribution in [0.15, 0.2) is 27.4 Å². The molecule has 0 bridgehead atoms. The number of aromatic nitrogens is 1. The molecule has 0 aliphatic carbocycles. The Morgan fingerprint density at radius 3 is 2.75 bits per heavy atom. The van der Waals surface area contributed by atoms with Crippen molar-refractivity contribution in [1.29, 1.82) is 0 Å². The van der Waals surface area contributed by atoms with E-state index in [4.69, 9.17) is 4.42 Å². The summed E-state index contributed by atoms with van der Waals surface area (Å²) in [5.41, 5.74) is 2.70. The summed E-state index contributed by atoms with van der Waals surface area (Å²) in [6.07, 6.45) is 2.18. The van der Waals surface area contributed by atoms with Crippen LogP contribution in [0.2, 0.25) is 0 Å². The maximum absolute atomic E-state index is 11.6. The topological polar surface area (TPSA) is 47.2 Å². The van der Waals surface area contributed by atoms with Gasteiger partial charge in [0, 0.05) is 13.1 Å². The predicted octanol–water partition coefficient (Wildman–Crippen LogP) is 3.22. The van der Waals surface area contributed by atoms with E-state index in [-0.39, 0.29) is 5.76 Å². The van der Waals surface area contributed by atoms with Crippen LogP contribution in [0.5, 0.6) is 0 Å². The Morgan fingerprint density at radius 2 is 2.10 bits per heavy atom. The summed E-state index contributed by atoms with van der Waals surface area (Å²) in [6.45, 7) is 7.61. The number of nitrogens with one attached hydrogen (secondary N) is 1. The van der Waals surface area contributed by atoms with Crippen molar-refractivity contribution in [2.24, 2.45) is 13.0 Å². The van der Waals surface area contributed by atoms with Crippen molar-refractivity contribution >= 4 is 11.1 Å². The molecule has 2 aromatic rings. The van der Waals surface area contributed by atoms with Crippen molar-refractivity contribution in [1.82, 2.24) is 9.88 Å². The first kappa shape index (κ1) is 14.9. The summed E-state index contributed by atoms with van der Waals surface area (Å²) in [5.74, 6) is 0.307. The summed E-state index contributed by atoms with van der Waals surface area (Å²) >= 11 is 0. The molecule has 1 heterocycles. The van der Waals surface area contributed by atoms with Gasteiger partial charge in [-0.25, -0.2) is 4.79 Å². The highest BCUT2D eigenvalue weighted by atomic mass is 16.4. The van der Waals surface area contributed by atoms with Crippen LogP contribution in [0.4, 0.5) is 0 Å². The molecule has 20 heavy (non-hydrogen) atoms. The maximum Gasteiger partial charge on any atom is 0.419 e. The van der Waals surface area contributed by atoms with Crippen LogP contribution in [0.3, 0.4) is 0 Å². The minimum Gasteiger partial charge on any atom is -0.408 e. The minimum atomic E-state index is -0.306. The van der Waals surface area contributed by atoms with Gasteiger partial charge in [0.2, 0.25) is 0 Å². The van der Waals surface area contributed by atoms with Crippen molar-refractivity contribution in [2.45, 2.75) is 39.7 Å². The van der Waals surface area contributed by atoms with E-state index < -0.39 is 0 Å². The monoisotopic (exact) mass is 276 g/mol. The molecule has 0 spiro atoms. The number of benzene rings is 1. The minimum absolute atomic E-state index is 0.306. The Morgan fingerprint density at radius 1 is 1.35 bits per heavy atom. The van der Waals surface area contributed by atoms with E-state index in [0.29, 0.717) is 17.5 Å². The summed E-state index contributed by atoms with van der Waals surface area (Å²) in [4.78, 5) is 11.6. The van der Waals surface area contributed by atoms with Crippen LogP contribution in [0, 0.1) is 5.92 Å². The first-order valence-corrected chi connectivity index (χ1v) is 7.35. The Balaban J connectivity index is 2.34. The molecule has 0 aliphatic heterocycles. The standard InChI is InChI=1S/C16H24N2O2/c1-5-8-17-13(9-11(2)3)12-6-7-14-15(10-12)20-16(19)18(14)4/h6-7,10-11,13,17H,5,8-9H2,1-4H3.